The van der Waals surface area contributed by atoms with Crippen LogP contribution in [0.15, 0.2) is 30.4 Å². The molecule has 0 aromatic carbocycles. The zero-order chi connectivity index (χ0) is 6.24. The van der Waals surface area contributed by atoms with Gasteiger partial charge in [-0.1, -0.05) is 37.0 Å². The summed E-state index contributed by atoms with van der Waals surface area (Å²) in [5.41, 5.74) is 0. The van der Waals surface area contributed by atoms with Gasteiger partial charge in [-0.2, -0.15) is 0 Å². The summed E-state index contributed by atoms with van der Waals surface area (Å²) < 4.78 is 0. The standard InChI is InChI=1S/C8H10/c1-3-5-7-8-6-4-2/h1,3-7H,2,8H2/b3-1?,6-4+,7-5+. The van der Waals surface area contributed by atoms with Crippen LogP contribution >= 0.6 is 0 Å². The van der Waals surface area contributed by atoms with Gasteiger partial charge in [-0.15, -0.1) is 0 Å². The maximum Gasteiger partial charge on any atom is -0.0166 e. The Morgan fingerprint density at radius 3 is 2.62 bits per heavy atom. The van der Waals surface area contributed by atoms with Crippen molar-refractivity contribution in [3.05, 3.63) is 43.9 Å². The highest BCUT2D eigenvalue weighted by molar-refractivity contribution is 5.00. The number of hydrogen-bond donors (Lipinski definition) is 0. The summed E-state index contributed by atoms with van der Waals surface area (Å²) in [6, 6.07) is 0. The molecule has 0 rings (SSSR count). The van der Waals surface area contributed by atoms with E-state index in [4.69, 9.17) is 6.58 Å². The fourth-order valence-corrected chi connectivity index (χ4v) is 0.332. The van der Waals surface area contributed by atoms with Gasteiger partial charge in [0, 0.05) is 0 Å². The van der Waals surface area contributed by atoms with E-state index in [1.165, 1.54) is 6.08 Å². The van der Waals surface area contributed by atoms with Gasteiger partial charge in [0.2, 0.25) is 0 Å². The van der Waals surface area contributed by atoms with E-state index in [0.717, 1.165) is 6.42 Å². The zero-order valence-electron chi connectivity index (χ0n) is 4.88. The largest absolute Gasteiger partial charge is 0.0879 e. The molecule has 0 heterocycles. The van der Waals surface area contributed by atoms with Crippen LogP contribution in [0.4, 0.5) is 0 Å². The third kappa shape index (κ3) is 5.22. The summed E-state index contributed by atoms with van der Waals surface area (Å²) in [5, 5.41) is 0. The predicted molar refractivity (Wildman–Crippen MR) is 37.1 cm³/mol. The van der Waals surface area contributed by atoms with Crippen molar-refractivity contribution >= 4 is 0 Å². The van der Waals surface area contributed by atoms with Crippen LogP contribution in [-0.4, -0.2) is 0 Å². The lowest BCUT2D eigenvalue weighted by Crippen LogP contribution is -1.53. The van der Waals surface area contributed by atoms with E-state index in [2.05, 4.69) is 6.92 Å². The molecule has 0 bridgehead atoms. The maximum absolute atomic E-state index is 5.06. The fraction of sp³-hybridized carbons (Fsp3) is 0.125. The summed E-state index contributed by atoms with van der Waals surface area (Å²) in [4.78, 5) is 0. The van der Waals surface area contributed by atoms with Crippen molar-refractivity contribution in [2.45, 2.75) is 6.42 Å². The van der Waals surface area contributed by atoms with E-state index in [1.54, 1.807) is 12.2 Å². The fourth-order valence-electron chi connectivity index (χ4n) is 0.332. The first-order chi connectivity index (χ1) is 3.91. The summed E-state index contributed by atoms with van der Waals surface area (Å²) in [6.07, 6.45) is 9.91. The van der Waals surface area contributed by atoms with Crippen LogP contribution in [0.1, 0.15) is 6.42 Å². The van der Waals surface area contributed by atoms with Crippen molar-refractivity contribution in [1.82, 2.24) is 0 Å². The Labute approximate surface area is 51.2 Å². The Morgan fingerprint density at radius 2 is 2.12 bits per heavy atom. The minimum Gasteiger partial charge on any atom is -0.0879 e. The Morgan fingerprint density at radius 1 is 1.38 bits per heavy atom. The first-order valence-corrected chi connectivity index (χ1v) is 2.56. The van der Waals surface area contributed by atoms with E-state index in [0.29, 0.717) is 0 Å². The van der Waals surface area contributed by atoms with Crippen molar-refractivity contribution in [3.63, 3.8) is 0 Å². The topological polar surface area (TPSA) is 0 Å². The number of hydrogen-bond acceptors (Lipinski definition) is 0. The van der Waals surface area contributed by atoms with Crippen LogP contribution in [0.25, 0.3) is 0 Å². The molecule has 0 atom stereocenters. The Balaban J connectivity index is 3.15. The third-order valence-electron chi connectivity index (χ3n) is 0.686. The molecular weight excluding hydrogens is 96.1 g/mol. The monoisotopic (exact) mass is 106 g/mol. The van der Waals surface area contributed by atoms with Gasteiger partial charge in [0.25, 0.3) is 0 Å². The number of rotatable bonds is 3. The molecule has 0 nitrogen and oxygen atoms in total. The quantitative estimate of drug-likeness (QED) is 0.484. The van der Waals surface area contributed by atoms with E-state index < -0.39 is 0 Å². The van der Waals surface area contributed by atoms with Crippen molar-refractivity contribution < 1.29 is 0 Å². The summed E-state index contributed by atoms with van der Waals surface area (Å²) in [6.45, 7) is 8.59. The van der Waals surface area contributed by atoms with Crippen molar-refractivity contribution in [3.8, 4) is 0 Å². The lowest BCUT2D eigenvalue weighted by molar-refractivity contribution is 1.39. The smallest absolute Gasteiger partial charge is 0.0166 e. The van der Waals surface area contributed by atoms with Gasteiger partial charge >= 0.3 is 0 Å². The second-order valence-corrected chi connectivity index (χ2v) is 1.33. The highest BCUT2D eigenvalue weighted by Crippen LogP contribution is 1.83. The molecule has 0 spiro atoms. The van der Waals surface area contributed by atoms with Crippen LogP contribution < -0.4 is 0 Å². The summed E-state index contributed by atoms with van der Waals surface area (Å²) in [5.74, 6) is 0. The molecule has 42 valence electrons. The molecular formula is C8H10. The van der Waals surface area contributed by atoms with Crippen molar-refractivity contribution in [2.75, 3.05) is 0 Å². The van der Waals surface area contributed by atoms with E-state index >= 15 is 0 Å². The Bertz CT molecular complexity index is 96.6. The molecule has 0 aromatic rings. The highest BCUT2D eigenvalue weighted by Gasteiger charge is 1.63. The van der Waals surface area contributed by atoms with Gasteiger partial charge in [-0.3, -0.25) is 0 Å². The second kappa shape index (κ2) is 6.22. The van der Waals surface area contributed by atoms with Crippen LogP contribution in [0, 0.1) is 13.5 Å². The predicted octanol–water partition coefficient (Wildman–Crippen LogP) is 2.31. The molecule has 0 saturated heterocycles. The summed E-state index contributed by atoms with van der Waals surface area (Å²) in [7, 11) is 0. The van der Waals surface area contributed by atoms with E-state index in [9.17, 15) is 0 Å². The lowest BCUT2D eigenvalue weighted by Gasteiger charge is -1.74. The van der Waals surface area contributed by atoms with Gasteiger partial charge < -0.3 is 0 Å². The van der Waals surface area contributed by atoms with Crippen LogP contribution in [0.5, 0.6) is 0 Å². The summed E-state index contributed by atoms with van der Waals surface area (Å²) >= 11 is 0. The first kappa shape index (κ1) is 7.22. The molecule has 0 amide bonds. The van der Waals surface area contributed by atoms with Crippen molar-refractivity contribution in [1.29, 1.82) is 0 Å². The average Bonchev–Trinajstić information content (AvgIpc) is 1.81. The molecule has 2 radical (unpaired) electrons. The molecule has 0 aliphatic heterocycles. The maximum atomic E-state index is 5.06. The lowest BCUT2D eigenvalue weighted by atomic mass is 10.3. The minimum absolute atomic E-state index is 0.914. The van der Waals surface area contributed by atoms with E-state index in [-0.39, 0.29) is 0 Å². The second-order valence-electron chi connectivity index (χ2n) is 1.33. The van der Waals surface area contributed by atoms with Crippen molar-refractivity contribution in [2.24, 2.45) is 0 Å². The van der Waals surface area contributed by atoms with Crippen LogP contribution in [-0.2, 0) is 0 Å². The molecule has 0 heteroatoms. The molecule has 8 heavy (non-hydrogen) atoms. The average molecular weight is 106 g/mol. The van der Waals surface area contributed by atoms with Crippen LogP contribution in [0.2, 0.25) is 0 Å². The normalized spacial score (nSPS) is 11.1. The van der Waals surface area contributed by atoms with Gasteiger partial charge in [-0.25, -0.2) is 0 Å². The zero-order valence-corrected chi connectivity index (χ0v) is 4.88. The Hall–Kier alpha value is -0.780. The molecule has 0 aromatic heterocycles. The van der Waals surface area contributed by atoms with E-state index in [1.807, 2.05) is 12.2 Å². The highest BCUT2D eigenvalue weighted by atomic mass is 13.7. The van der Waals surface area contributed by atoms with Crippen LogP contribution in [0.3, 0.4) is 0 Å². The molecule has 0 fully saturated rings. The Kier molecular flexibility index (Phi) is 5.61. The molecule has 0 unspecified atom stereocenters. The SMILES string of the molecule is [CH]=C/C=C/C/C=C/[CH2]. The third-order valence-corrected chi connectivity index (χ3v) is 0.686. The molecule has 0 saturated carbocycles. The van der Waals surface area contributed by atoms with Gasteiger partial charge in [0.15, 0.2) is 0 Å². The van der Waals surface area contributed by atoms with Gasteiger partial charge in [0.1, 0.15) is 0 Å². The molecule has 0 aliphatic rings. The number of allylic oxidation sites excluding steroid dienone is 5. The molecule has 0 N–H and O–H groups in total. The first-order valence-electron chi connectivity index (χ1n) is 2.56. The molecule has 0 aliphatic carbocycles. The van der Waals surface area contributed by atoms with Gasteiger partial charge in [0.05, 0.1) is 0 Å². The minimum atomic E-state index is 0.914. The van der Waals surface area contributed by atoms with Gasteiger partial charge in [-0.05, 0) is 13.3 Å².